The second kappa shape index (κ2) is 7.90. The number of benzene rings is 2. The number of piperidine rings is 1. The van der Waals surface area contributed by atoms with Crippen molar-refractivity contribution in [2.24, 2.45) is 0 Å². The maximum Gasteiger partial charge on any atom is 0.416 e. The molecule has 24 heavy (non-hydrogen) atoms. The lowest BCUT2D eigenvalue weighted by Gasteiger charge is -2.23. The van der Waals surface area contributed by atoms with Crippen molar-refractivity contribution in [1.82, 2.24) is 5.32 Å². The third-order valence-electron chi connectivity index (χ3n) is 4.11. The molecule has 1 heterocycles. The van der Waals surface area contributed by atoms with Crippen LogP contribution in [0, 0.1) is 0 Å². The summed E-state index contributed by atoms with van der Waals surface area (Å²) >= 11 is 0. The fourth-order valence-electron chi connectivity index (χ4n) is 2.81. The molecule has 2 aromatic carbocycles. The van der Waals surface area contributed by atoms with E-state index in [0.717, 1.165) is 38.1 Å². The Morgan fingerprint density at radius 2 is 1.33 bits per heavy atom. The van der Waals surface area contributed by atoms with Crippen LogP contribution in [-0.4, -0.2) is 13.1 Å². The number of hydrogen-bond donors (Lipinski definition) is 1. The molecule has 6 heteroatoms. The average Bonchev–Trinajstić information content (AvgIpc) is 2.56. The van der Waals surface area contributed by atoms with Crippen molar-refractivity contribution in [3.63, 3.8) is 0 Å². The van der Waals surface area contributed by atoms with Crippen molar-refractivity contribution >= 4 is 12.4 Å². The lowest BCUT2D eigenvalue weighted by atomic mass is 9.90. The third kappa shape index (κ3) is 4.65. The molecule has 0 bridgehead atoms. The van der Waals surface area contributed by atoms with Gasteiger partial charge in [0.2, 0.25) is 0 Å². The molecule has 0 aliphatic carbocycles. The van der Waals surface area contributed by atoms with E-state index in [1.165, 1.54) is 17.7 Å². The molecule has 0 atom stereocenters. The number of rotatable bonds is 3. The van der Waals surface area contributed by atoms with Crippen LogP contribution in [-0.2, 0) is 6.18 Å². The predicted octanol–water partition coefficient (Wildman–Crippen LogP) is 5.39. The minimum Gasteiger partial charge on any atom is -0.457 e. The Morgan fingerprint density at radius 3 is 1.83 bits per heavy atom. The van der Waals surface area contributed by atoms with Crippen LogP contribution in [0.3, 0.4) is 0 Å². The molecule has 0 spiro atoms. The molecule has 2 aromatic rings. The van der Waals surface area contributed by atoms with Gasteiger partial charge in [0.1, 0.15) is 11.5 Å². The Kier molecular flexibility index (Phi) is 6.13. The SMILES string of the molecule is Cl.FC(F)(F)c1ccc(Oc2ccc(C3CCNCC3)cc2)cc1. The van der Waals surface area contributed by atoms with Crippen molar-refractivity contribution in [3.8, 4) is 11.5 Å². The van der Waals surface area contributed by atoms with Crippen LogP contribution in [0.25, 0.3) is 0 Å². The third-order valence-corrected chi connectivity index (χ3v) is 4.11. The zero-order chi connectivity index (χ0) is 16.3. The molecule has 1 fully saturated rings. The summed E-state index contributed by atoms with van der Waals surface area (Å²) < 4.78 is 43.2. The fourth-order valence-corrected chi connectivity index (χ4v) is 2.81. The summed E-state index contributed by atoms with van der Waals surface area (Å²) in [5, 5.41) is 3.34. The highest BCUT2D eigenvalue weighted by atomic mass is 35.5. The fraction of sp³-hybridized carbons (Fsp3) is 0.333. The minimum absolute atomic E-state index is 0. The standard InChI is InChI=1S/C18H18F3NO.ClH/c19-18(20,21)15-3-7-17(8-4-15)23-16-5-1-13(2-6-16)14-9-11-22-12-10-14;/h1-8,14,22H,9-12H2;1H. The molecule has 0 radical (unpaired) electrons. The molecule has 0 unspecified atom stereocenters. The molecule has 2 nitrogen and oxygen atoms in total. The van der Waals surface area contributed by atoms with E-state index in [-0.39, 0.29) is 12.4 Å². The van der Waals surface area contributed by atoms with Crippen molar-refractivity contribution < 1.29 is 17.9 Å². The molecular weight excluding hydrogens is 339 g/mol. The van der Waals surface area contributed by atoms with Gasteiger partial charge in [-0.25, -0.2) is 0 Å². The van der Waals surface area contributed by atoms with Gasteiger partial charge in [0.15, 0.2) is 0 Å². The molecule has 0 amide bonds. The zero-order valence-corrected chi connectivity index (χ0v) is 13.8. The Morgan fingerprint density at radius 1 is 0.833 bits per heavy atom. The normalized spacial score (nSPS) is 15.6. The monoisotopic (exact) mass is 357 g/mol. The van der Waals surface area contributed by atoms with Gasteiger partial charge in [-0.15, -0.1) is 12.4 Å². The smallest absolute Gasteiger partial charge is 0.416 e. The van der Waals surface area contributed by atoms with Gasteiger partial charge >= 0.3 is 6.18 Å². The van der Waals surface area contributed by atoms with E-state index in [2.05, 4.69) is 5.32 Å². The van der Waals surface area contributed by atoms with Crippen LogP contribution in [0.2, 0.25) is 0 Å². The van der Waals surface area contributed by atoms with E-state index in [9.17, 15) is 13.2 Å². The first-order valence-corrected chi connectivity index (χ1v) is 7.68. The first-order chi connectivity index (χ1) is 11.0. The Labute approximate surface area is 145 Å². The van der Waals surface area contributed by atoms with Crippen LogP contribution in [0.5, 0.6) is 11.5 Å². The van der Waals surface area contributed by atoms with Crippen molar-refractivity contribution in [1.29, 1.82) is 0 Å². The highest BCUT2D eigenvalue weighted by Crippen LogP contribution is 2.32. The van der Waals surface area contributed by atoms with E-state index < -0.39 is 11.7 Å². The number of hydrogen-bond acceptors (Lipinski definition) is 2. The lowest BCUT2D eigenvalue weighted by Crippen LogP contribution is -2.26. The Bertz CT molecular complexity index is 635. The topological polar surface area (TPSA) is 21.3 Å². The molecule has 1 N–H and O–H groups in total. The van der Waals surface area contributed by atoms with Crippen molar-refractivity contribution in [2.75, 3.05) is 13.1 Å². The molecule has 1 aliphatic rings. The first kappa shape index (κ1) is 18.6. The summed E-state index contributed by atoms with van der Waals surface area (Å²) in [6, 6.07) is 12.5. The van der Waals surface area contributed by atoms with Gasteiger partial charge < -0.3 is 10.1 Å². The van der Waals surface area contributed by atoms with E-state index >= 15 is 0 Å². The van der Waals surface area contributed by atoms with E-state index in [4.69, 9.17) is 4.74 Å². The highest BCUT2D eigenvalue weighted by molar-refractivity contribution is 5.85. The first-order valence-electron chi connectivity index (χ1n) is 7.68. The van der Waals surface area contributed by atoms with Gasteiger partial charge in [-0.2, -0.15) is 13.2 Å². The van der Waals surface area contributed by atoms with Gasteiger partial charge in [0, 0.05) is 0 Å². The lowest BCUT2D eigenvalue weighted by molar-refractivity contribution is -0.137. The molecule has 0 aromatic heterocycles. The molecular formula is C18H19ClF3NO. The number of halogens is 4. The maximum absolute atomic E-state index is 12.5. The Hall–Kier alpha value is -1.72. The van der Waals surface area contributed by atoms with Crippen LogP contribution in [0.4, 0.5) is 13.2 Å². The zero-order valence-electron chi connectivity index (χ0n) is 13.0. The number of nitrogens with one attached hydrogen (secondary N) is 1. The second-order valence-electron chi connectivity index (χ2n) is 5.72. The summed E-state index contributed by atoms with van der Waals surface area (Å²) in [5.74, 6) is 1.59. The van der Waals surface area contributed by atoms with Gasteiger partial charge in [-0.3, -0.25) is 0 Å². The summed E-state index contributed by atoms with van der Waals surface area (Å²) in [6.45, 7) is 2.07. The van der Waals surface area contributed by atoms with E-state index in [1.807, 2.05) is 24.3 Å². The Balaban J connectivity index is 0.00000208. The summed E-state index contributed by atoms with van der Waals surface area (Å²) in [6.07, 6.45) is -2.08. The molecule has 3 rings (SSSR count). The number of ether oxygens (including phenoxy) is 1. The van der Waals surface area contributed by atoms with E-state index in [0.29, 0.717) is 17.4 Å². The molecule has 1 saturated heterocycles. The summed E-state index contributed by atoms with van der Waals surface area (Å²) in [7, 11) is 0. The van der Waals surface area contributed by atoms with Crippen LogP contribution >= 0.6 is 12.4 Å². The maximum atomic E-state index is 12.5. The molecule has 0 saturated carbocycles. The minimum atomic E-state index is -4.32. The highest BCUT2D eigenvalue weighted by Gasteiger charge is 2.30. The van der Waals surface area contributed by atoms with Crippen LogP contribution in [0.1, 0.15) is 29.9 Å². The van der Waals surface area contributed by atoms with Crippen molar-refractivity contribution in [2.45, 2.75) is 24.9 Å². The average molecular weight is 358 g/mol. The quantitative estimate of drug-likeness (QED) is 0.795. The molecule has 130 valence electrons. The number of alkyl halides is 3. The van der Waals surface area contributed by atoms with Gasteiger partial charge in [0.05, 0.1) is 5.56 Å². The van der Waals surface area contributed by atoms with Gasteiger partial charge in [-0.1, -0.05) is 12.1 Å². The largest absolute Gasteiger partial charge is 0.457 e. The van der Waals surface area contributed by atoms with Gasteiger partial charge in [0.25, 0.3) is 0 Å². The van der Waals surface area contributed by atoms with Crippen LogP contribution in [0.15, 0.2) is 48.5 Å². The van der Waals surface area contributed by atoms with Crippen LogP contribution < -0.4 is 10.1 Å². The second-order valence-corrected chi connectivity index (χ2v) is 5.72. The summed E-state index contributed by atoms with van der Waals surface area (Å²) in [5.41, 5.74) is 0.609. The van der Waals surface area contributed by atoms with E-state index in [1.54, 1.807) is 0 Å². The van der Waals surface area contributed by atoms with Gasteiger partial charge in [-0.05, 0) is 73.8 Å². The summed E-state index contributed by atoms with van der Waals surface area (Å²) in [4.78, 5) is 0. The molecule has 1 aliphatic heterocycles. The predicted molar refractivity (Wildman–Crippen MR) is 90.1 cm³/mol. The van der Waals surface area contributed by atoms with Crippen molar-refractivity contribution in [3.05, 3.63) is 59.7 Å².